The number of hydrogen-bond donors (Lipinski definition) is 1. The average Bonchev–Trinajstić information content (AvgIpc) is 2.04. The van der Waals surface area contributed by atoms with Gasteiger partial charge >= 0.3 is 5.97 Å². The van der Waals surface area contributed by atoms with E-state index in [1.165, 1.54) is 0 Å². The zero-order valence-electron chi connectivity index (χ0n) is 7.58. The molecular formula is C8H16O4. The number of ether oxygens (including phenoxy) is 2. The predicted molar refractivity (Wildman–Crippen MR) is 44.2 cm³/mol. The topological polar surface area (TPSA) is 55.8 Å². The highest BCUT2D eigenvalue weighted by Gasteiger charge is 2.14. The monoisotopic (exact) mass is 176 g/mol. The van der Waals surface area contributed by atoms with Crippen LogP contribution in [0.15, 0.2) is 0 Å². The number of hydrogen-bond acceptors (Lipinski definition) is 3. The largest absolute Gasteiger partial charge is 0.479 e. The summed E-state index contributed by atoms with van der Waals surface area (Å²) in [5.41, 5.74) is 0. The molecule has 72 valence electrons. The number of aliphatic carboxylic acids is 1. The Balaban J connectivity index is 3.38. The van der Waals surface area contributed by atoms with E-state index in [1.807, 2.05) is 6.92 Å². The molecule has 0 amide bonds. The molecule has 0 aliphatic carbocycles. The highest BCUT2D eigenvalue weighted by atomic mass is 16.5. The molecule has 0 aromatic carbocycles. The van der Waals surface area contributed by atoms with Gasteiger partial charge in [-0.3, -0.25) is 0 Å². The molecule has 0 radical (unpaired) electrons. The summed E-state index contributed by atoms with van der Waals surface area (Å²) < 4.78 is 10.0. The van der Waals surface area contributed by atoms with E-state index in [1.54, 1.807) is 6.92 Å². The maximum atomic E-state index is 10.4. The molecule has 12 heavy (non-hydrogen) atoms. The van der Waals surface area contributed by atoms with Crippen molar-refractivity contribution in [3.8, 4) is 0 Å². The van der Waals surface area contributed by atoms with Crippen molar-refractivity contribution in [2.75, 3.05) is 19.8 Å². The SMILES string of the molecule is CCOCCOC(CC)C(=O)O. The van der Waals surface area contributed by atoms with Crippen molar-refractivity contribution in [3.63, 3.8) is 0 Å². The normalized spacial score (nSPS) is 12.8. The van der Waals surface area contributed by atoms with Gasteiger partial charge in [-0.25, -0.2) is 4.79 Å². The van der Waals surface area contributed by atoms with Gasteiger partial charge < -0.3 is 14.6 Å². The van der Waals surface area contributed by atoms with Crippen molar-refractivity contribution >= 4 is 5.97 Å². The highest BCUT2D eigenvalue weighted by Crippen LogP contribution is 1.97. The molecule has 4 heteroatoms. The molecule has 4 nitrogen and oxygen atoms in total. The molecule has 0 saturated heterocycles. The lowest BCUT2D eigenvalue weighted by Gasteiger charge is -2.10. The molecule has 0 aliphatic heterocycles. The molecule has 0 fully saturated rings. The minimum absolute atomic E-state index is 0.346. The van der Waals surface area contributed by atoms with Crippen LogP contribution in [0.1, 0.15) is 20.3 Å². The Morgan fingerprint density at radius 2 is 2.08 bits per heavy atom. The van der Waals surface area contributed by atoms with Crippen molar-refractivity contribution in [1.29, 1.82) is 0 Å². The fourth-order valence-electron chi connectivity index (χ4n) is 0.757. The van der Waals surface area contributed by atoms with Crippen molar-refractivity contribution in [2.45, 2.75) is 26.4 Å². The van der Waals surface area contributed by atoms with E-state index in [-0.39, 0.29) is 0 Å². The van der Waals surface area contributed by atoms with Gasteiger partial charge in [-0.1, -0.05) is 6.92 Å². The smallest absolute Gasteiger partial charge is 0.332 e. The van der Waals surface area contributed by atoms with Gasteiger partial charge in [-0.05, 0) is 13.3 Å². The number of carboxylic acids is 1. The lowest BCUT2D eigenvalue weighted by Crippen LogP contribution is -2.24. The van der Waals surface area contributed by atoms with E-state index in [9.17, 15) is 4.79 Å². The third-order valence-corrected chi connectivity index (χ3v) is 1.40. The van der Waals surface area contributed by atoms with Crippen molar-refractivity contribution in [3.05, 3.63) is 0 Å². The van der Waals surface area contributed by atoms with Crippen LogP contribution in [0.3, 0.4) is 0 Å². The number of carbonyl (C=O) groups is 1. The summed E-state index contributed by atoms with van der Waals surface area (Å²) in [6, 6.07) is 0. The van der Waals surface area contributed by atoms with Crippen LogP contribution in [0, 0.1) is 0 Å². The van der Waals surface area contributed by atoms with Gasteiger partial charge in [0.15, 0.2) is 6.10 Å². The summed E-state index contributed by atoms with van der Waals surface area (Å²) in [5, 5.41) is 8.56. The quantitative estimate of drug-likeness (QED) is 0.585. The summed E-state index contributed by atoms with van der Waals surface area (Å²) in [6.45, 7) is 5.10. The summed E-state index contributed by atoms with van der Waals surface area (Å²) in [4.78, 5) is 10.4. The lowest BCUT2D eigenvalue weighted by atomic mass is 10.3. The Morgan fingerprint density at radius 1 is 1.42 bits per heavy atom. The van der Waals surface area contributed by atoms with Crippen LogP contribution in [-0.4, -0.2) is 37.0 Å². The molecule has 0 heterocycles. The van der Waals surface area contributed by atoms with E-state index in [0.29, 0.717) is 26.2 Å². The van der Waals surface area contributed by atoms with Crippen LogP contribution < -0.4 is 0 Å². The maximum Gasteiger partial charge on any atom is 0.332 e. The Hall–Kier alpha value is -0.610. The average molecular weight is 176 g/mol. The first-order chi connectivity index (χ1) is 5.72. The fraction of sp³-hybridized carbons (Fsp3) is 0.875. The molecule has 0 rings (SSSR count). The molecule has 0 aliphatic rings. The van der Waals surface area contributed by atoms with Crippen molar-refractivity contribution in [2.24, 2.45) is 0 Å². The zero-order chi connectivity index (χ0) is 9.40. The van der Waals surface area contributed by atoms with Crippen LogP contribution in [0.5, 0.6) is 0 Å². The minimum Gasteiger partial charge on any atom is -0.479 e. The summed E-state index contributed by atoms with van der Waals surface area (Å²) in [7, 11) is 0. The molecule has 0 spiro atoms. The van der Waals surface area contributed by atoms with E-state index in [4.69, 9.17) is 14.6 Å². The Morgan fingerprint density at radius 3 is 2.50 bits per heavy atom. The number of carboxylic acid groups (broad SMARTS) is 1. The molecule has 0 aromatic heterocycles. The Labute approximate surface area is 72.5 Å². The first-order valence-electron chi connectivity index (χ1n) is 4.14. The standard InChI is InChI=1S/C8H16O4/c1-3-7(8(9)10)12-6-5-11-4-2/h7H,3-6H2,1-2H3,(H,9,10). The van der Waals surface area contributed by atoms with Gasteiger partial charge in [0.05, 0.1) is 13.2 Å². The van der Waals surface area contributed by atoms with Gasteiger partial charge in [0.25, 0.3) is 0 Å². The van der Waals surface area contributed by atoms with Crippen molar-refractivity contribution < 1.29 is 19.4 Å². The fourth-order valence-corrected chi connectivity index (χ4v) is 0.757. The molecule has 0 saturated carbocycles. The highest BCUT2D eigenvalue weighted by molar-refractivity contribution is 5.72. The van der Waals surface area contributed by atoms with Crippen LogP contribution in [-0.2, 0) is 14.3 Å². The molecular weight excluding hydrogens is 160 g/mol. The van der Waals surface area contributed by atoms with Crippen LogP contribution in [0.2, 0.25) is 0 Å². The third kappa shape index (κ3) is 5.09. The van der Waals surface area contributed by atoms with Crippen LogP contribution in [0.25, 0.3) is 0 Å². The summed E-state index contributed by atoms with van der Waals surface area (Å²) in [5.74, 6) is -0.908. The van der Waals surface area contributed by atoms with Crippen LogP contribution >= 0.6 is 0 Å². The van der Waals surface area contributed by atoms with E-state index < -0.39 is 12.1 Å². The second kappa shape index (κ2) is 7.06. The first-order valence-corrected chi connectivity index (χ1v) is 4.14. The lowest BCUT2D eigenvalue weighted by molar-refractivity contribution is -0.151. The summed E-state index contributed by atoms with van der Waals surface area (Å²) >= 11 is 0. The molecule has 1 atom stereocenters. The Kier molecular flexibility index (Phi) is 6.70. The van der Waals surface area contributed by atoms with E-state index >= 15 is 0 Å². The third-order valence-electron chi connectivity index (χ3n) is 1.40. The number of rotatable bonds is 7. The second-order valence-corrected chi connectivity index (χ2v) is 2.30. The van der Waals surface area contributed by atoms with E-state index in [2.05, 4.69) is 0 Å². The second-order valence-electron chi connectivity index (χ2n) is 2.30. The summed E-state index contributed by atoms with van der Waals surface area (Å²) in [6.07, 6.45) is -0.202. The molecule has 1 unspecified atom stereocenters. The van der Waals surface area contributed by atoms with Gasteiger partial charge in [-0.15, -0.1) is 0 Å². The molecule has 0 bridgehead atoms. The van der Waals surface area contributed by atoms with Gasteiger partial charge in [0.1, 0.15) is 0 Å². The van der Waals surface area contributed by atoms with Gasteiger partial charge in [0.2, 0.25) is 0 Å². The minimum atomic E-state index is -0.908. The van der Waals surface area contributed by atoms with Crippen molar-refractivity contribution in [1.82, 2.24) is 0 Å². The zero-order valence-corrected chi connectivity index (χ0v) is 7.58. The molecule has 0 aromatic rings. The molecule has 1 N–H and O–H groups in total. The Bertz CT molecular complexity index is 124. The van der Waals surface area contributed by atoms with Gasteiger partial charge in [0, 0.05) is 6.61 Å². The van der Waals surface area contributed by atoms with Gasteiger partial charge in [-0.2, -0.15) is 0 Å². The van der Waals surface area contributed by atoms with E-state index in [0.717, 1.165) is 0 Å². The van der Waals surface area contributed by atoms with Crippen LogP contribution in [0.4, 0.5) is 0 Å². The first kappa shape index (κ1) is 11.4. The predicted octanol–water partition coefficient (Wildman–Crippen LogP) is 0.903. The maximum absolute atomic E-state index is 10.4.